The second kappa shape index (κ2) is 7.32. The monoisotopic (exact) mass is 266 g/mol. The highest BCUT2D eigenvalue weighted by molar-refractivity contribution is 5.37. The van der Waals surface area contributed by atoms with Gasteiger partial charge < -0.3 is 10.5 Å². The fraction of sp³-hybridized carbons (Fsp3) is 0.235. The van der Waals surface area contributed by atoms with Crippen molar-refractivity contribution in [2.24, 2.45) is 5.73 Å². The smallest absolute Gasteiger partial charge is 0.139 e. The highest BCUT2D eigenvalue weighted by Crippen LogP contribution is 2.13. The first kappa shape index (κ1) is 14.1. The zero-order chi connectivity index (χ0) is 14.2. The van der Waals surface area contributed by atoms with Gasteiger partial charge in [0.25, 0.3) is 0 Å². The molecule has 2 rings (SSSR count). The Morgan fingerprint density at radius 3 is 2.60 bits per heavy atom. The van der Waals surface area contributed by atoms with Crippen molar-refractivity contribution in [1.29, 1.82) is 0 Å². The van der Waals surface area contributed by atoms with Gasteiger partial charge in [0.1, 0.15) is 12.4 Å². The van der Waals surface area contributed by atoms with E-state index in [0.717, 1.165) is 17.5 Å². The van der Waals surface area contributed by atoms with E-state index in [9.17, 15) is 0 Å². The first-order valence-electron chi connectivity index (χ1n) is 6.66. The quantitative estimate of drug-likeness (QED) is 0.865. The average Bonchev–Trinajstić information content (AvgIpc) is 2.52. The van der Waals surface area contributed by atoms with E-state index >= 15 is 0 Å². The highest BCUT2D eigenvalue weighted by Gasteiger charge is 1.98. The predicted octanol–water partition coefficient (Wildman–Crippen LogP) is 2.53. The van der Waals surface area contributed by atoms with Gasteiger partial charge in [-0.25, -0.2) is 0 Å². The van der Waals surface area contributed by atoms with E-state index in [2.05, 4.69) is 48.0 Å². The van der Waals surface area contributed by atoms with Gasteiger partial charge in [-0.1, -0.05) is 43.0 Å². The van der Waals surface area contributed by atoms with E-state index in [1.807, 2.05) is 6.07 Å². The maximum Gasteiger partial charge on any atom is 0.139 e. The van der Waals surface area contributed by atoms with Crippen molar-refractivity contribution >= 4 is 0 Å². The van der Waals surface area contributed by atoms with Crippen LogP contribution in [0, 0.1) is 11.8 Å². The van der Waals surface area contributed by atoms with Crippen molar-refractivity contribution < 1.29 is 4.74 Å². The van der Waals surface area contributed by atoms with Crippen molar-refractivity contribution in [3.63, 3.8) is 0 Å². The number of nitrogens with two attached hydrogens (primary N) is 1. The molecule has 0 bridgehead atoms. The second-order valence-electron chi connectivity index (χ2n) is 4.37. The van der Waals surface area contributed by atoms with Crippen LogP contribution in [-0.4, -0.2) is 11.5 Å². The SMILES string of the molecule is CCc1ccc(COc2cncc(C#CCN)c2)cc1. The van der Waals surface area contributed by atoms with E-state index in [4.69, 9.17) is 10.5 Å². The Hall–Kier alpha value is -2.31. The Kier molecular flexibility index (Phi) is 5.16. The minimum atomic E-state index is 0.342. The summed E-state index contributed by atoms with van der Waals surface area (Å²) >= 11 is 0. The molecular formula is C17H18N2O. The Morgan fingerprint density at radius 2 is 1.90 bits per heavy atom. The molecule has 0 saturated heterocycles. The number of ether oxygens (including phenoxy) is 1. The standard InChI is InChI=1S/C17H18N2O/c1-2-14-5-7-15(8-6-14)13-20-17-10-16(4-3-9-18)11-19-12-17/h5-8,10-12H,2,9,13,18H2,1H3. The Bertz CT molecular complexity index is 609. The highest BCUT2D eigenvalue weighted by atomic mass is 16.5. The van der Waals surface area contributed by atoms with Gasteiger partial charge in [0.2, 0.25) is 0 Å². The zero-order valence-electron chi connectivity index (χ0n) is 11.6. The number of hydrogen-bond acceptors (Lipinski definition) is 3. The molecule has 2 N–H and O–H groups in total. The van der Waals surface area contributed by atoms with Crippen LogP contribution in [0.1, 0.15) is 23.6 Å². The first-order valence-corrected chi connectivity index (χ1v) is 6.66. The summed E-state index contributed by atoms with van der Waals surface area (Å²) in [6.07, 6.45) is 4.44. The third-order valence-electron chi connectivity index (χ3n) is 2.88. The molecule has 3 heteroatoms. The number of pyridine rings is 1. The molecule has 20 heavy (non-hydrogen) atoms. The first-order chi connectivity index (χ1) is 9.81. The fourth-order valence-electron chi connectivity index (χ4n) is 1.76. The van der Waals surface area contributed by atoms with Gasteiger partial charge in [-0.3, -0.25) is 4.98 Å². The number of nitrogens with zero attached hydrogens (tertiary/aromatic N) is 1. The van der Waals surface area contributed by atoms with Crippen LogP contribution >= 0.6 is 0 Å². The molecule has 0 aliphatic heterocycles. The molecule has 0 atom stereocenters. The molecule has 102 valence electrons. The lowest BCUT2D eigenvalue weighted by Crippen LogP contribution is -1.97. The summed E-state index contributed by atoms with van der Waals surface area (Å²) < 4.78 is 5.72. The Balaban J connectivity index is 1.99. The van der Waals surface area contributed by atoms with E-state index < -0.39 is 0 Å². The lowest BCUT2D eigenvalue weighted by atomic mass is 10.1. The van der Waals surface area contributed by atoms with E-state index in [1.54, 1.807) is 12.4 Å². The van der Waals surface area contributed by atoms with Gasteiger partial charge in [0.15, 0.2) is 0 Å². The van der Waals surface area contributed by atoms with Crippen LogP contribution in [0.4, 0.5) is 0 Å². The van der Waals surface area contributed by atoms with Crippen molar-refractivity contribution in [2.75, 3.05) is 6.54 Å². The molecular weight excluding hydrogens is 248 g/mol. The lowest BCUT2D eigenvalue weighted by molar-refractivity contribution is 0.305. The summed E-state index contributed by atoms with van der Waals surface area (Å²) in [5, 5.41) is 0. The molecule has 0 aliphatic carbocycles. The molecule has 0 aliphatic rings. The molecule has 0 spiro atoms. The normalized spacial score (nSPS) is 9.70. The minimum Gasteiger partial charge on any atom is -0.487 e. The van der Waals surface area contributed by atoms with Gasteiger partial charge in [-0.05, 0) is 23.6 Å². The maximum absolute atomic E-state index is 5.72. The molecule has 0 fully saturated rings. The summed E-state index contributed by atoms with van der Waals surface area (Å²) in [4.78, 5) is 4.11. The van der Waals surface area contributed by atoms with Gasteiger partial charge in [-0.2, -0.15) is 0 Å². The fourth-order valence-corrected chi connectivity index (χ4v) is 1.76. The number of aromatic nitrogens is 1. The third-order valence-corrected chi connectivity index (χ3v) is 2.88. The predicted molar refractivity (Wildman–Crippen MR) is 80.3 cm³/mol. The molecule has 0 saturated carbocycles. The molecule has 3 nitrogen and oxygen atoms in total. The van der Waals surface area contributed by atoms with Crippen LogP contribution in [0.2, 0.25) is 0 Å². The van der Waals surface area contributed by atoms with Crippen molar-refractivity contribution in [1.82, 2.24) is 4.98 Å². The third kappa shape index (κ3) is 4.11. The average molecular weight is 266 g/mol. The lowest BCUT2D eigenvalue weighted by Gasteiger charge is -2.06. The van der Waals surface area contributed by atoms with Crippen molar-refractivity contribution in [2.45, 2.75) is 20.0 Å². The van der Waals surface area contributed by atoms with Crippen LogP contribution in [0.3, 0.4) is 0 Å². The van der Waals surface area contributed by atoms with Gasteiger partial charge in [0.05, 0.1) is 12.7 Å². The summed E-state index contributed by atoms with van der Waals surface area (Å²) in [7, 11) is 0. The van der Waals surface area contributed by atoms with E-state index in [-0.39, 0.29) is 0 Å². The van der Waals surface area contributed by atoms with Crippen LogP contribution in [0.25, 0.3) is 0 Å². The van der Waals surface area contributed by atoms with Crippen LogP contribution < -0.4 is 10.5 Å². The van der Waals surface area contributed by atoms with Gasteiger partial charge in [0, 0.05) is 11.8 Å². The molecule has 0 unspecified atom stereocenters. The Morgan fingerprint density at radius 1 is 1.15 bits per heavy atom. The van der Waals surface area contributed by atoms with Crippen molar-refractivity contribution in [3.05, 3.63) is 59.4 Å². The summed E-state index contributed by atoms with van der Waals surface area (Å²) in [6, 6.07) is 10.3. The number of aryl methyl sites for hydroxylation is 1. The molecule has 1 aromatic heterocycles. The Labute approximate surface area is 119 Å². The topological polar surface area (TPSA) is 48.1 Å². The molecule has 0 radical (unpaired) electrons. The zero-order valence-corrected chi connectivity index (χ0v) is 11.6. The van der Waals surface area contributed by atoms with Gasteiger partial charge >= 0.3 is 0 Å². The van der Waals surface area contributed by atoms with Crippen LogP contribution in [-0.2, 0) is 13.0 Å². The number of benzene rings is 1. The molecule has 2 aromatic rings. The van der Waals surface area contributed by atoms with E-state index in [1.165, 1.54) is 5.56 Å². The summed E-state index contributed by atoms with van der Waals surface area (Å²) in [6.45, 7) is 3.01. The van der Waals surface area contributed by atoms with E-state index in [0.29, 0.717) is 18.9 Å². The maximum atomic E-state index is 5.72. The van der Waals surface area contributed by atoms with Crippen molar-refractivity contribution in [3.8, 4) is 17.6 Å². The van der Waals surface area contributed by atoms with Gasteiger partial charge in [-0.15, -0.1) is 0 Å². The number of rotatable bonds is 4. The molecule has 1 heterocycles. The summed E-state index contributed by atoms with van der Waals surface area (Å²) in [5.41, 5.74) is 8.63. The minimum absolute atomic E-state index is 0.342. The molecule has 1 aromatic carbocycles. The second-order valence-corrected chi connectivity index (χ2v) is 4.37. The van der Waals surface area contributed by atoms with Crippen LogP contribution in [0.5, 0.6) is 5.75 Å². The largest absolute Gasteiger partial charge is 0.487 e. The number of hydrogen-bond donors (Lipinski definition) is 1. The summed E-state index contributed by atoms with van der Waals surface area (Å²) in [5.74, 6) is 6.46. The van der Waals surface area contributed by atoms with Crippen LogP contribution in [0.15, 0.2) is 42.7 Å². The molecule has 0 amide bonds.